The van der Waals surface area contributed by atoms with Crippen LogP contribution in [0.5, 0.6) is 0 Å². The van der Waals surface area contributed by atoms with Gasteiger partial charge in [0.05, 0.1) is 0 Å². The summed E-state index contributed by atoms with van der Waals surface area (Å²) in [4.78, 5) is 0. The Labute approximate surface area is 184 Å². The maximum Gasteiger partial charge on any atom is 0.217 e. The average Bonchev–Trinajstić information content (AvgIpc) is 2.42. The summed E-state index contributed by atoms with van der Waals surface area (Å²) in [5.74, 6) is 0. The predicted octanol–water partition coefficient (Wildman–Crippen LogP) is 8.79. The third kappa shape index (κ3) is 5.88. The second-order valence-electron chi connectivity index (χ2n) is 11.8. The third-order valence-corrected chi connectivity index (χ3v) is 12.7. The van der Waals surface area contributed by atoms with Gasteiger partial charge in [-0.15, -0.1) is 0 Å². The number of hydrogen-bond acceptors (Lipinski definition) is 1. The molecule has 0 saturated carbocycles. The Bertz CT molecular complexity index is 776. The fraction of sp³-hybridized carbons (Fsp3) is 0.696. The lowest BCUT2D eigenvalue weighted by Crippen LogP contribution is -2.30. The maximum atomic E-state index is 13.3. The molecule has 0 aliphatic rings. The molecule has 28 heavy (non-hydrogen) atoms. The highest BCUT2D eigenvalue weighted by Gasteiger charge is 2.39. The van der Waals surface area contributed by atoms with Gasteiger partial charge in [-0.1, -0.05) is 107 Å². The smallest absolute Gasteiger partial charge is 0.217 e. The van der Waals surface area contributed by atoms with Crippen LogP contribution in [-0.2, 0) is 20.8 Å². The molecule has 0 N–H and O–H groups in total. The first-order chi connectivity index (χ1) is 12.1. The molecule has 0 fully saturated rings. The summed E-state index contributed by atoms with van der Waals surface area (Å²) in [5, 5.41) is 0.566. The van der Waals surface area contributed by atoms with Gasteiger partial charge < -0.3 is 0 Å². The van der Waals surface area contributed by atoms with E-state index in [1.165, 1.54) is 16.7 Å². The van der Waals surface area contributed by atoms with E-state index in [1.807, 2.05) is 20.8 Å². The van der Waals surface area contributed by atoms with Crippen LogP contribution >= 0.6 is 37.5 Å². The maximum absolute atomic E-state index is 13.3. The molecule has 1 rings (SSSR count). The Hall–Kier alpha value is 0.200. The van der Waals surface area contributed by atoms with Crippen molar-refractivity contribution in [2.24, 2.45) is 0 Å². The van der Waals surface area contributed by atoms with Gasteiger partial charge in [0.15, 0.2) is 0 Å². The summed E-state index contributed by atoms with van der Waals surface area (Å²) in [6, 6.07) is 4.61. The van der Waals surface area contributed by atoms with Crippen molar-refractivity contribution in [3.63, 3.8) is 0 Å². The molecule has 160 valence electrons. The van der Waals surface area contributed by atoms with Crippen LogP contribution in [0.1, 0.15) is 99.8 Å². The highest BCUT2D eigenvalue weighted by molar-refractivity contribution is 8.11. The number of benzene rings is 1. The molecule has 1 atom stereocenters. The van der Waals surface area contributed by atoms with E-state index in [9.17, 15) is 4.57 Å². The fourth-order valence-corrected chi connectivity index (χ4v) is 7.61. The van der Waals surface area contributed by atoms with Crippen molar-refractivity contribution >= 4 is 47.3 Å². The summed E-state index contributed by atoms with van der Waals surface area (Å²) in [6.07, 6.45) is 0. The summed E-state index contributed by atoms with van der Waals surface area (Å²) in [6.45, 7) is 22.5. The van der Waals surface area contributed by atoms with E-state index in [0.717, 1.165) is 13.5 Å². The van der Waals surface area contributed by atoms with Crippen molar-refractivity contribution in [2.75, 3.05) is 0 Å². The van der Waals surface area contributed by atoms with E-state index in [0.29, 0.717) is 4.49 Å². The first kappa shape index (κ1) is 26.2. The van der Waals surface area contributed by atoms with Crippen molar-refractivity contribution in [3.05, 3.63) is 28.8 Å². The van der Waals surface area contributed by atoms with E-state index in [-0.39, 0.29) is 16.2 Å². The van der Waals surface area contributed by atoms with Gasteiger partial charge in [-0.2, -0.15) is 0 Å². The van der Waals surface area contributed by atoms with Gasteiger partial charge in [-0.05, 0) is 52.4 Å². The fourth-order valence-electron chi connectivity index (χ4n) is 2.76. The first-order valence-electron chi connectivity index (χ1n) is 9.84. The lowest BCUT2D eigenvalue weighted by molar-refractivity contribution is 0.554. The molecule has 0 saturated heterocycles. The summed E-state index contributed by atoms with van der Waals surface area (Å²) < 4.78 is 13.6. The van der Waals surface area contributed by atoms with Crippen molar-refractivity contribution in [1.82, 2.24) is 0 Å². The van der Waals surface area contributed by atoms with E-state index < -0.39 is 11.7 Å². The van der Waals surface area contributed by atoms with Gasteiger partial charge in [0.1, 0.15) is 4.49 Å². The van der Waals surface area contributed by atoms with Crippen LogP contribution in [0.25, 0.3) is 0 Å². The zero-order chi connectivity index (χ0) is 22.5. The second-order valence-corrected chi connectivity index (χ2v) is 18.4. The number of hydrogen-bond donors (Lipinski definition) is 0. The van der Waals surface area contributed by atoms with Gasteiger partial charge in [0.2, 0.25) is 6.49 Å². The highest BCUT2D eigenvalue weighted by atomic mass is 35.7. The quantitative estimate of drug-likeness (QED) is 0.401. The van der Waals surface area contributed by atoms with Gasteiger partial charge in [-0.3, -0.25) is 4.57 Å². The monoisotopic (exact) mass is 462 g/mol. The molecular formula is C23H38Cl2OP2. The third-order valence-electron chi connectivity index (χ3n) is 4.90. The Morgan fingerprint density at radius 2 is 1.14 bits per heavy atom. The molecule has 0 aromatic heterocycles. The van der Waals surface area contributed by atoms with Gasteiger partial charge in [-0.25, -0.2) is 0 Å². The summed E-state index contributed by atoms with van der Waals surface area (Å²) in [7, 11) is 0.753. The van der Waals surface area contributed by atoms with Crippen LogP contribution in [0.3, 0.4) is 0 Å². The molecule has 1 unspecified atom stereocenters. The van der Waals surface area contributed by atoms with Gasteiger partial charge in [0.25, 0.3) is 0 Å². The van der Waals surface area contributed by atoms with Crippen molar-refractivity contribution in [3.8, 4) is 0 Å². The zero-order valence-electron chi connectivity index (χ0n) is 19.7. The normalized spacial score (nSPS) is 16.9. The lowest BCUT2D eigenvalue weighted by atomic mass is 9.75. The number of halogens is 2. The van der Waals surface area contributed by atoms with E-state index in [1.54, 1.807) is 0 Å². The Kier molecular flexibility index (Phi) is 7.53. The molecule has 1 nitrogen and oxygen atoms in total. The molecule has 0 heterocycles. The van der Waals surface area contributed by atoms with Crippen molar-refractivity contribution in [1.29, 1.82) is 0 Å². The van der Waals surface area contributed by atoms with E-state index in [2.05, 4.69) is 74.4 Å². The summed E-state index contributed by atoms with van der Waals surface area (Å²) >= 11 is 13.2. The minimum atomic E-state index is -3.18. The van der Waals surface area contributed by atoms with E-state index in [4.69, 9.17) is 22.8 Å². The van der Waals surface area contributed by atoms with Gasteiger partial charge in [0, 0.05) is 10.5 Å². The molecule has 0 spiro atoms. The molecule has 0 radical (unpaired) electrons. The molecule has 0 aliphatic heterocycles. The minimum absolute atomic E-state index is 0.0378. The molecule has 0 bridgehead atoms. The minimum Gasteiger partial charge on any atom is -0.300 e. The van der Waals surface area contributed by atoms with Crippen LogP contribution in [0.15, 0.2) is 12.1 Å². The van der Waals surface area contributed by atoms with Crippen molar-refractivity contribution in [2.45, 2.75) is 104 Å². The standard InChI is InChI=1S/C23H38Cl2OP2/c1-20(2,3)15-13-16(21(4,5)6)18(17(14-15)22(7,8)9)27-19(24)28(25,26)23(10,11)12/h13-14H,1-12H3. The molecule has 1 aromatic carbocycles. The van der Waals surface area contributed by atoms with Crippen LogP contribution in [-0.4, -0.2) is 9.65 Å². The average molecular weight is 463 g/mol. The zero-order valence-corrected chi connectivity index (χ0v) is 23.0. The van der Waals surface area contributed by atoms with Crippen molar-refractivity contribution < 1.29 is 4.57 Å². The summed E-state index contributed by atoms with van der Waals surface area (Å²) in [5.41, 5.74) is 3.70. The first-order valence-corrected chi connectivity index (χ1v) is 13.7. The number of rotatable bonds is 2. The molecular weight excluding hydrogens is 425 g/mol. The Morgan fingerprint density at radius 3 is 1.39 bits per heavy atom. The molecule has 0 aliphatic carbocycles. The largest absolute Gasteiger partial charge is 0.300 e. The van der Waals surface area contributed by atoms with E-state index >= 15 is 0 Å². The van der Waals surface area contributed by atoms with Crippen LogP contribution in [0, 0.1) is 0 Å². The van der Waals surface area contributed by atoms with Crippen LogP contribution in [0.2, 0.25) is 0 Å². The van der Waals surface area contributed by atoms with Crippen LogP contribution < -0.4 is 5.30 Å². The molecule has 5 heteroatoms. The highest BCUT2D eigenvalue weighted by Crippen LogP contribution is 2.65. The predicted molar refractivity (Wildman–Crippen MR) is 133 cm³/mol. The van der Waals surface area contributed by atoms with Gasteiger partial charge >= 0.3 is 0 Å². The topological polar surface area (TPSA) is 17.1 Å². The lowest BCUT2D eigenvalue weighted by Gasteiger charge is -2.33. The Balaban J connectivity index is 4.02. The SMILES string of the molecule is CC(C)(C)c1cc(C(C)(C)C)c(P=C(Cl)P(=O)(Cl)C(C)(C)C)c(C(C)(C)C)c1. The molecule has 0 amide bonds. The Morgan fingerprint density at radius 1 is 0.786 bits per heavy atom. The molecule has 1 aromatic rings. The second kappa shape index (κ2) is 8.04. The van der Waals surface area contributed by atoms with Crippen LogP contribution in [0.4, 0.5) is 0 Å².